The van der Waals surface area contributed by atoms with Crippen LogP contribution in [0.2, 0.25) is 0 Å². The number of esters is 1. The summed E-state index contributed by atoms with van der Waals surface area (Å²) >= 11 is 0. The molecule has 4 rings (SSSR count). The Hall–Kier alpha value is -3.00. The van der Waals surface area contributed by atoms with Crippen molar-refractivity contribution in [3.63, 3.8) is 0 Å². The summed E-state index contributed by atoms with van der Waals surface area (Å²) in [5.41, 5.74) is 0.997. The largest absolute Gasteiger partial charge is 0.459 e. The number of nitrogens with zero attached hydrogens (tertiary/aromatic N) is 3. The Morgan fingerprint density at radius 1 is 1.28 bits per heavy atom. The third-order valence-electron chi connectivity index (χ3n) is 4.17. The average Bonchev–Trinajstić information content (AvgIpc) is 3.27. The molecular formula is C17H16N4O4. The highest BCUT2D eigenvalue weighted by Gasteiger charge is 2.29. The molecule has 1 aromatic carbocycles. The molecule has 2 aromatic heterocycles. The van der Waals surface area contributed by atoms with E-state index >= 15 is 0 Å². The summed E-state index contributed by atoms with van der Waals surface area (Å²) in [6, 6.07) is 8.84. The van der Waals surface area contributed by atoms with E-state index in [1.54, 1.807) is 35.2 Å². The minimum atomic E-state index is -0.367. The van der Waals surface area contributed by atoms with Crippen molar-refractivity contribution in [2.24, 2.45) is 0 Å². The molecule has 0 aliphatic carbocycles. The molecular weight excluding hydrogens is 324 g/mol. The first-order chi connectivity index (χ1) is 12.2. The zero-order valence-electron chi connectivity index (χ0n) is 13.3. The van der Waals surface area contributed by atoms with Gasteiger partial charge in [-0.2, -0.15) is 0 Å². The fourth-order valence-electron chi connectivity index (χ4n) is 2.91. The van der Waals surface area contributed by atoms with Crippen LogP contribution in [0.5, 0.6) is 0 Å². The van der Waals surface area contributed by atoms with E-state index in [-0.39, 0.29) is 36.0 Å². The lowest BCUT2D eigenvalue weighted by atomic mass is 10.2. The van der Waals surface area contributed by atoms with Crippen LogP contribution in [0.1, 0.15) is 29.4 Å². The number of imidazole rings is 1. The van der Waals surface area contributed by atoms with Crippen LogP contribution in [0, 0.1) is 0 Å². The SMILES string of the molecule is O=C(OC[C@@H]1CC[C@H](n2cnc3c(=O)[nH]cnc32)O1)c1ccccc1. The van der Waals surface area contributed by atoms with Crippen molar-refractivity contribution in [2.45, 2.75) is 25.2 Å². The van der Waals surface area contributed by atoms with E-state index in [2.05, 4.69) is 15.0 Å². The van der Waals surface area contributed by atoms with Crippen LogP contribution in [0.3, 0.4) is 0 Å². The number of benzene rings is 1. The molecule has 0 unspecified atom stereocenters. The first-order valence-electron chi connectivity index (χ1n) is 8.00. The van der Waals surface area contributed by atoms with E-state index in [9.17, 15) is 9.59 Å². The number of aromatic nitrogens is 4. The van der Waals surface area contributed by atoms with E-state index in [1.807, 2.05) is 6.07 Å². The van der Waals surface area contributed by atoms with E-state index in [4.69, 9.17) is 9.47 Å². The number of carbonyl (C=O) groups is 1. The van der Waals surface area contributed by atoms with Gasteiger partial charge in [0, 0.05) is 0 Å². The lowest BCUT2D eigenvalue weighted by Crippen LogP contribution is -2.19. The normalized spacial score (nSPS) is 20.0. The predicted molar refractivity (Wildman–Crippen MR) is 88.0 cm³/mol. The summed E-state index contributed by atoms with van der Waals surface area (Å²) in [6.07, 6.45) is 3.90. The van der Waals surface area contributed by atoms with Gasteiger partial charge < -0.3 is 14.5 Å². The van der Waals surface area contributed by atoms with Crippen molar-refractivity contribution in [2.75, 3.05) is 6.61 Å². The number of ether oxygens (including phenoxy) is 2. The summed E-state index contributed by atoms with van der Waals surface area (Å²) < 4.78 is 13.0. The number of H-pyrrole nitrogens is 1. The van der Waals surface area contributed by atoms with Crippen molar-refractivity contribution in [3.05, 3.63) is 58.9 Å². The highest BCUT2D eigenvalue weighted by Crippen LogP contribution is 2.30. The Balaban J connectivity index is 1.40. The first-order valence-corrected chi connectivity index (χ1v) is 8.00. The van der Waals surface area contributed by atoms with Crippen molar-refractivity contribution in [1.29, 1.82) is 0 Å². The van der Waals surface area contributed by atoms with Crippen molar-refractivity contribution in [1.82, 2.24) is 19.5 Å². The Labute approximate surface area is 142 Å². The molecule has 1 aliphatic heterocycles. The van der Waals surface area contributed by atoms with Gasteiger partial charge in [0.25, 0.3) is 5.56 Å². The molecule has 1 N–H and O–H groups in total. The Bertz CT molecular complexity index is 950. The maximum absolute atomic E-state index is 12.0. The van der Waals surface area contributed by atoms with Crippen LogP contribution in [0.15, 0.2) is 47.8 Å². The van der Waals surface area contributed by atoms with E-state index in [1.165, 1.54) is 6.33 Å². The summed E-state index contributed by atoms with van der Waals surface area (Å²) in [6.45, 7) is 0.185. The highest BCUT2D eigenvalue weighted by atomic mass is 16.6. The quantitative estimate of drug-likeness (QED) is 0.725. The van der Waals surface area contributed by atoms with Gasteiger partial charge in [0.05, 0.1) is 24.3 Å². The molecule has 8 heteroatoms. The minimum absolute atomic E-state index is 0.185. The Kier molecular flexibility index (Phi) is 4.02. The second-order valence-corrected chi connectivity index (χ2v) is 5.81. The topological polar surface area (TPSA) is 99.1 Å². The van der Waals surface area contributed by atoms with E-state index in [0.29, 0.717) is 11.2 Å². The standard InChI is InChI=1S/C17H16N4O4/c22-16-14-15(18-9-19-16)21(10-20-14)13-7-6-12(25-13)8-24-17(23)11-4-2-1-3-5-11/h1-5,9-10,12-13H,6-8H2,(H,18,19,22)/t12-,13+/m0/s1. The van der Waals surface area contributed by atoms with Crippen LogP contribution < -0.4 is 5.56 Å². The number of carbonyl (C=O) groups excluding carboxylic acids is 1. The number of rotatable bonds is 4. The number of hydrogen-bond acceptors (Lipinski definition) is 6. The van der Waals surface area contributed by atoms with Crippen molar-refractivity contribution < 1.29 is 14.3 Å². The number of aromatic amines is 1. The molecule has 1 aliphatic rings. The lowest BCUT2D eigenvalue weighted by molar-refractivity contribution is -0.0309. The molecule has 25 heavy (non-hydrogen) atoms. The molecule has 0 amide bonds. The van der Waals surface area contributed by atoms with Crippen LogP contribution in [0.4, 0.5) is 0 Å². The van der Waals surface area contributed by atoms with Gasteiger partial charge in [-0.3, -0.25) is 9.36 Å². The van der Waals surface area contributed by atoms with Crippen LogP contribution in [0.25, 0.3) is 11.2 Å². The summed E-state index contributed by atoms with van der Waals surface area (Å²) in [5, 5.41) is 0. The van der Waals surface area contributed by atoms with Gasteiger partial charge in [0.2, 0.25) is 0 Å². The van der Waals surface area contributed by atoms with E-state index < -0.39 is 0 Å². The van der Waals surface area contributed by atoms with Crippen LogP contribution in [-0.2, 0) is 9.47 Å². The molecule has 1 fully saturated rings. The molecule has 8 nitrogen and oxygen atoms in total. The molecule has 2 atom stereocenters. The lowest BCUT2D eigenvalue weighted by Gasteiger charge is -2.15. The molecule has 3 aromatic rings. The molecule has 0 spiro atoms. The van der Waals surface area contributed by atoms with Crippen molar-refractivity contribution >= 4 is 17.1 Å². The smallest absolute Gasteiger partial charge is 0.338 e. The van der Waals surface area contributed by atoms with Gasteiger partial charge >= 0.3 is 5.97 Å². The third kappa shape index (κ3) is 3.03. The molecule has 1 saturated heterocycles. The summed E-state index contributed by atoms with van der Waals surface area (Å²) in [4.78, 5) is 34.4. The zero-order valence-corrected chi connectivity index (χ0v) is 13.3. The minimum Gasteiger partial charge on any atom is -0.459 e. The van der Waals surface area contributed by atoms with Gasteiger partial charge in [-0.15, -0.1) is 0 Å². The zero-order chi connectivity index (χ0) is 17.2. The predicted octanol–water partition coefficient (Wildman–Crippen LogP) is 1.65. The Morgan fingerprint density at radius 3 is 2.96 bits per heavy atom. The molecule has 0 saturated carbocycles. The van der Waals surface area contributed by atoms with Crippen molar-refractivity contribution in [3.8, 4) is 0 Å². The first kappa shape index (κ1) is 15.5. The maximum atomic E-state index is 12.0. The average molecular weight is 340 g/mol. The highest BCUT2D eigenvalue weighted by molar-refractivity contribution is 5.89. The second kappa shape index (κ2) is 6.48. The maximum Gasteiger partial charge on any atom is 0.338 e. The number of nitrogens with one attached hydrogen (secondary N) is 1. The fourth-order valence-corrected chi connectivity index (χ4v) is 2.91. The van der Waals surface area contributed by atoms with Gasteiger partial charge in [0.1, 0.15) is 12.8 Å². The van der Waals surface area contributed by atoms with Gasteiger partial charge in [-0.1, -0.05) is 18.2 Å². The fraction of sp³-hybridized carbons (Fsp3) is 0.294. The number of fused-ring (bicyclic) bond motifs is 1. The van der Waals surface area contributed by atoms with Gasteiger partial charge in [0.15, 0.2) is 11.2 Å². The van der Waals surface area contributed by atoms with Gasteiger partial charge in [-0.25, -0.2) is 14.8 Å². The summed E-state index contributed by atoms with van der Waals surface area (Å²) in [7, 11) is 0. The second-order valence-electron chi connectivity index (χ2n) is 5.81. The monoisotopic (exact) mass is 340 g/mol. The number of hydrogen-bond donors (Lipinski definition) is 1. The third-order valence-corrected chi connectivity index (χ3v) is 4.17. The molecule has 3 heterocycles. The van der Waals surface area contributed by atoms with Gasteiger partial charge in [-0.05, 0) is 25.0 Å². The summed E-state index contributed by atoms with van der Waals surface area (Å²) in [5.74, 6) is -0.367. The Morgan fingerprint density at radius 2 is 2.12 bits per heavy atom. The van der Waals surface area contributed by atoms with Crippen LogP contribution in [-0.4, -0.2) is 38.2 Å². The molecule has 0 bridgehead atoms. The molecule has 0 radical (unpaired) electrons. The van der Waals surface area contributed by atoms with Crippen LogP contribution >= 0.6 is 0 Å². The van der Waals surface area contributed by atoms with E-state index in [0.717, 1.165) is 12.8 Å². The molecule has 128 valence electrons.